The molecule has 23 heavy (non-hydrogen) atoms. The summed E-state index contributed by atoms with van der Waals surface area (Å²) in [5.41, 5.74) is 1.09. The van der Waals surface area contributed by atoms with Gasteiger partial charge in [-0.25, -0.2) is 4.79 Å². The number of hydrogen-bond acceptors (Lipinski definition) is 3. The summed E-state index contributed by atoms with van der Waals surface area (Å²) in [7, 11) is 0. The molecule has 126 valence electrons. The Morgan fingerprint density at radius 2 is 2.17 bits per heavy atom. The Bertz CT molecular complexity index is 547. The van der Waals surface area contributed by atoms with Crippen LogP contribution in [0.2, 0.25) is 0 Å². The molecule has 0 aromatic heterocycles. The number of carboxylic acids is 1. The van der Waals surface area contributed by atoms with Gasteiger partial charge in [-0.05, 0) is 37.8 Å². The Morgan fingerprint density at radius 1 is 1.39 bits per heavy atom. The van der Waals surface area contributed by atoms with Crippen molar-refractivity contribution < 1.29 is 19.4 Å². The Balaban J connectivity index is 1.65. The number of para-hydroxylation sites is 1. The van der Waals surface area contributed by atoms with E-state index in [2.05, 4.69) is 5.32 Å². The first-order valence-corrected chi connectivity index (χ1v) is 8.02. The second-order valence-corrected chi connectivity index (χ2v) is 5.82. The van der Waals surface area contributed by atoms with Crippen LogP contribution in [-0.2, 0) is 4.79 Å². The van der Waals surface area contributed by atoms with Crippen LogP contribution in [0.15, 0.2) is 24.3 Å². The summed E-state index contributed by atoms with van der Waals surface area (Å²) in [6.45, 7) is 3.95. The molecule has 1 aromatic rings. The summed E-state index contributed by atoms with van der Waals surface area (Å²) in [5, 5.41) is 11.9. The van der Waals surface area contributed by atoms with Gasteiger partial charge < -0.3 is 20.1 Å². The van der Waals surface area contributed by atoms with Crippen molar-refractivity contribution >= 4 is 12.0 Å². The van der Waals surface area contributed by atoms with Crippen LogP contribution in [0.5, 0.6) is 5.75 Å². The molecule has 1 saturated heterocycles. The molecule has 2 amide bonds. The van der Waals surface area contributed by atoms with Gasteiger partial charge >= 0.3 is 12.0 Å². The topological polar surface area (TPSA) is 78.9 Å². The highest BCUT2D eigenvalue weighted by atomic mass is 16.5. The molecule has 0 spiro atoms. The van der Waals surface area contributed by atoms with E-state index >= 15 is 0 Å². The third kappa shape index (κ3) is 5.16. The number of benzene rings is 1. The fourth-order valence-corrected chi connectivity index (χ4v) is 2.64. The van der Waals surface area contributed by atoms with Gasteiger partial charge in [0, 0.05) is 19.6 Å². The molecule has 1 aliphatic heterocycles. The molecule has 0 radical (unpaired) electrons. The van der Waals surface area contributed by atoms with E-state index in [1.54, 1.807) is 4.90 Å². The number of amides is 2. The van der Waals surface area contributed by atoms with Gasteiger partial charge in [-0.1, -0.05) is 18.2 Å². The number of aliphatic carboxylic acids is 1. The lowest BCUT2D eigenvalue weighted by atomic mass is 9.99. The number of hydrogen-bond donors (Lipinski definition) is 2. The van der Waals surface area contributed by atoms with Crippen molar-refractivity contribution in [2.75, 3.05) is 26.2 Å². The van der Waals surface area contributed by atoms with Crippen LogP contribution >= 0.6 is 0 Å². The van der Waals surface area contributed by atoms with Crippen LogP contribution in [0.4, 0.5) is 4.79 Å². The number of ether oxygens (including phenoxy) is 1. The monoisotopic (exact) mass is 320 g/mol. The molecule has 0 bridgehead atoms. The molecule has 2 N–H and O–H groups in total. The van der Waals surface area contributed by atoms with Gasteiger partial charge in [0.1, 0.15) is 5.75 Å². The van der Waals surface area contributed by atoms with Crippen LogP contribution < -0.4 is 10.1 Å². The molecule has 6 nitrogen and oxygen atoms in total. The maximum absolute atomic E-state index is 12.0. The molecule has 0 aliphatic carbocycles. The summed E-state index contributed by atoms with van der Waals surface area (Å²) in [6.07, 6.45) is 2.08. The zero-order valence-electron chi connectivity index (χ0n) is 13.5. The van der Waals surface area contributed by atoms with E-state index < -0.39 is 11.9 Å². The van der Waals surface area contributed by atoms with Crippen molar-refractivity contribution in [2.45, 2.75) is 26.2 Å². The molecule has 1 heterocycles. The average Bonchev–Trinajstić information content (AvgIpc) is 2.56. The van der Waals surface area contributed by atoms with Gasteiger partial charge in [-0.3, -0.25) is 4.79 Å². The first-order chi connectivity index (χ1) is 11.1. The second-order valence-electron chi connectivity index (χ2n) is 5.82. The number of likely N-dealkylation sites (tertiary alicyclic amines) is 1. The van der Waals surface area contributed by atoms with Crippen molar-refractivity contribution in [3.63, 3.8) is 0 Å². The molecular weight excluding hydrogens is 296 g/mol. The Morgan fingerprint density at radius 3 is 2.91 bits per heavy atom. The van der Waals surface area contributed by atoms with Crippen LogP contribution in [0.1, 0.15) is 24.8 Å². The quantitative estimate of drug-likeness (QED) is 0.788. The first-order valence-electron chi connectivity index (χ1n) is 8.02. The van der Waals surface area contributed by atoms with Crippen LogP contribution in [-0.4, -0.2) is 48.2 Å². The fourth-order valence-electron chi connectivity index (χ4n) is 2.64. The fraction of sp³-hybridized carbons (Fsp3) is 0.529. The molecule has 1 unspecified atom stereocenters. The van der Waals surface area contributed by atoms with Crippen LogP contribution in [0.25, 0.3) is 0 Å². The molecule has 1 aliphatic rings. The minimum atomic E-state index is -0.825. The molecule has 1 fully saturated rings. The van der Waals surface area contributed by atoms with Crippen molar-refractivity contribution in [3.05, 3.63) is 29.8 Å². The number of urea groups is 1. The summed E-state index contributed by atoms with van der Waals surface area (Å²) in [5.74, 6) is -0.410. The number of aryl methyl sites for hydroxylation is 1. The van der Waals surface area contributed by atoms with Gasteiger partial charge in [-0.2, -0.15) is 0 Å². The highest BCUT2D eigenvalue weighted by Gasteiger charge is 2.27. The zero-order valence-corrected chi connectivity index (χ0v) is 13.5. The van der Waals surface area contributed by atoms with E-state index in [9.17, 15) is 9.59 Å². The minimum absolute atomic E-state index is 0.188. The minimum Gasteiger partial charge on any atom is -0.493 e. The van der Waals surface area contributed by atoms with Crippen molar-refractivity contribution in [2.24, 2.45) is 5.92 Å². The normalized spacial score (nSPS) is 17.6. The maximum atomic E-state index is 12.0. The Hall–Kier alpha value is -2.24. The second kappa shape index (κ2) is 8.41. The number of nitrogens with one attached hydrogen (secondary N) is 1. The summed E-state index contributed by atoms with van der Waals surface area (Å²) in [6, 6.07) is 7.62. The first kappa shape index (κ1) is 17.1. The largest absolute Gasteiger partial charge is 0.493 e. The number of piperidine rings is 1. The number of rotatable bonds is 6. The van der Waals surface area contributed by atoms with Crippen molar-refractivity contribution in [1.82, 2.24) is 10.2 Å². The lowest BCUT2D eigenvalue weighted by molar-refractivity contribution is -0.143. The van der Waals surface area contributed by atoms with Crippen molar-refractivity contribution in [1.29, 1.82) is 0 Å². The Kier molecular flexibility index (Phi) is 6.26. The van der Waals surface area contributed by atoms with Gasteiger partial charge in [0.25, 0.3) is 0 Å². The van der Waals surface area contributed by atoms with E-state index in [1.165, 1.54) is 0 Å². The van der Waals surface area contributed by atoms with Crippen molar-refractivity contribution in [3.8, 4) is 5.75 Å². The molecule has 6 heteroatoms. The van der Waals surface area contributed by atoms with Gasteiger partial charge in [-0.15, -0.1) is 0 Å². The van der Waals surface area contributed by atoms with Gasteiger partial charge in [0.15, 0.2) is 0 Å². The Labute approximate surface area is 136 Å². The lowest BCUT2D eigenvalue weighted by Crippen LogP contribution is -2.47. The third-order valence-electron chi connectivity index (χ3n) is 4.01. The van der Waals surface area contributed by atoms with E-state index in [0.29, 0.717) is 39.1 Å². The molecular formula is C17H24N2O4. The van der Waals surface area contributed by atoms with E-state index in [1.807, 2.05) is 31.2 Å². The maximum Gasteiger partial charge on any atom is 0.317 e. The number of carbonyl (C=O) groups excluding carboxylic acids is 1. The average molecular weight is 320 g/mol. The van der Waals surface area contributed by atoms with E-state index in [-0.39, 0.29) is 6.03 Å². The third-order valence-corrected chi connectivity index (χ3v) is 4.01. The molecule has 0 saturated carbocycles. The molecule has 1 atom stereocenters. The van der Waals surface area contributed by atoms with Crippen LogP contribution in [0.3, 0.4) is 0 Å². The smallest absolute Gasteiger partial charge is 0.317 e. The predicted molar refractivity (Wildman–Crippen MR) is 86.6 cm³/mol. The highest BCUT2D eigenvalue weighted by Crippen LogP contribution is 2.17. The van der Waals surface area contributed by atoms with Crippen LogP contribution in [0, 0.1) is 12.8 Å². The lowest BCUT2D eigenvalue weighted by Gasteiger charge is -2.30. The van der Waals surface area contributed by atoms with Gasteiger partial charge in [0.05, 0.1) is 12.5 Å². The zero-order chi connectivity index (χ0) is 16.7. The van der Waals surface area contributed by atoms with Gasteiger partial charge in [0.2, 0.25) is 0 Å². The standard InChI is InChI=1S/C17H24N2O4/c1-13-6-2-3-8-15(13)23-11-5-9-18-17(22)19-10-4-7-14(12-19)16(20)21/h2-3,6,8,14H,4-5,7,9-12H2,1H3,(H,18,22)(H,20,21). The number of carboxylic acid groups (broad SMARTS) is 1. The highest BCUT2D eigenvalue weighted by molar-refractivity contribution is 5.76. The number of carbonyl (C=O) groups is 2. The SMILES string of the molecule is Cc1ccccc1OCCCNC(=O)N1CCCC(C(=O)O)C1. The number of nitrogens with zero attached hydrogens (tertiary/aromatic N) is 1. The van der Waals surface area contributed by atoms with E-state index in [0.717, 1.165) is 17.7 Å². The molecule has 2 rings (SSSR count). The van der Waals surface area contributed by atoms with E-state index in [4.69, 9.17) is 9.84 Å². The summed E-state index contributed by atoms with van der Waals surface area (Å²) < 4.78 is 5.67. The summed E-state index contributed by atoms with van der Waals surface area (Å²) in [4.78, 5) is 24.6. The predicted octanol–water partition coefficient (Wildman–Crippen LogP) is 2.27. The molecule has 1 aromatic carbocycles. The summed E-state index contributed by atoms with van der Waals surface area (Å²) >= 11 is 0.